The van der Waals surface area contributed by atoms with Gasteiger partial charge in [0.25, 0.3) is 5.56 Å². The Hall–Kier alpha value is -2.83. The minimum absolute atomic E-state index is 0.105. The zero-order chi connectivity index (χ0) is 12.7. The first kappa shape index (κ1) is 10.3. The topological polar surface area (TPSA) is 121 Å². The van der Waals surface area contributed by atoms with E-state index in [4.69, 9.17) is 5.73 Å². The standard InChI is InChI=1S/C11H9N5O2/c12-11-15-8(10(18)16-11)6-2-4-14-9(17)7-5(6)1-3-13-7/h1-4,13,18H,(H3,12,15,16). The third-order valence-corrected chi connectivity index (χ3v) is 2.66. The molecule has 0 aliphatic carbocycles. The molecule has 0 fully saturated rings. The van der Waals surface area contributed by atoms with Gasteiger partial charge in [-0.2, -0.15) is 4.98 Å². The molecule has 0 atom stereocenters. The highest BCUT2D eigenvalue weighted by Crippen LogP contribution is 2.30. The quantitative estimate of drug-likeness (QED) is 0.498. The van der Waals surface area contributed by atoms with Gasteiger partial charge in [-0.15, -0.1) is 0 Å². The Morgan fingerprint density at radius 1 is 1.33 bits per heavy atom. The van der Waals surface area contributed by atoms with E-state index in [9.17, 15) is 9.90 Å². The monoisotopic (exact) mass is 243 g/mol. The third kappa shape index (κ3) is 1.41. The summed E-state index contributed by atoms with van der Waals surface area (Å²) in [4.78, 5) is 24.7. The van der Waals surface area contributed by atoms with Crippen molar-refractivity contribution in [3.05, 3.63) is 34.9 Å². The molecule has 7 heteroatoms. The molecule has 0 unspecified atom stereocenters. The van der Waals surface area contributed by atoms with Crippen LogP contribution in [0.1, 0.15) is 0 Å². The normalized spacial score (nSPS) is 10.9. The first-order chi connectivity index (χ1) is 8.66. The summed E-state index contributed by atoms with van der Waals surface area (Å²) in [5.41, 5.74) is 6.44. The van der Waals surface area contributed by atoms with Crippen molar-refractivity contribution in [2.45, 2.75) is 0 Å². The summed E-state index contributed by atoms with van der Waals surface area (Å²) in [5.74, 6) is -0.110. The van der Waals surface area contributed by atoms with Crippen LogP contribution >= 0.6 is 0 Å². The van der Waals surface area contributed by atoms with Crippen LogP contribution in [0.4, 0.5) is 5.95 Å². The molecular weight excluding hydrogens is 234 g/mol. The molecular formula is C11H9N5O2. The number of hydrogen-bond acceptors (Lipinski definition) is 5. The molecule has 90 valence electrons. The number of anilines is 1. The largest absolute Gasteiger partial charge is 0.492 e. The predicted octanol–water partition coefficient (Wildman–Crippen LogP) is 0.601. The van der Waals surface area contributed by atoms with Gasteiger partial charge in [-0.1, -0.05) is 0 Å². The van der Waals surface area contributed by atoms with Gasteiger partial charge in [0, 0.05) is 23.3 Å². The van der Waals surface area contributed by atoms with Crippen molar-refractivity contribution in [1.82, 2.24) is 19.9 Å². The van der Waals surface area contributed by atoms with E-state index in [2.05, 4.69) is 19.9 Å². The van der Waals surface area contributed by atoms with E-state index in [1.807, 2.05) is 0 Å². The number of imidazole rings is 1. The van der Waals surface area contributed by atoms with Gasteiger partial charge in [-0.25, -0.2) is 4.98 Å². The molecule has 18 heavy (non-hydrogen) atoms. The van der Waals surface area contributed by atoms with Crippen molar-refractivity contribution < 1.29 is 5.11 Å². The summed E-state index contributed by atoms with van der Waals surface area (Å²) in [5, 5.41) is 10.3. The molecule has 0 saturated carbocycles. The van der Waals surface area contributed by atoms with Crippen LogP contribution in [-0.2, 0) is 0 Å². The molecule has 0 radical (unpaired) electrons. The zero-order valence-electron chi connectivity index (χ0n) is 9.14. The summed E-state index contributed by atoms with van der Waals surface area (Å²) in [6.45, 7) is 0. The van der Waals surface area contributed by atoms with Crippen LogP contribution in [0.15, 0.2) is 29.3 Å². The highest BCUT2D eigenvalue weighted by Gasteiger charge is 2.13. The Bertz CT molecular complexity index is 789. The summed E-state index contributed by atoms with van der Waals surface area (Å²) in [7, 11) is 0. The van der Waals surface area contributed by atoms with Crippen molar-refractivity contribution in [2.24, 2.45) is 0 Å². The number of nitrogens with one attached hydrogen (secondary N) is 2. The van der Waals surface area contributed by atoms with Gasteiger partial charge in [0.15, 0.2) is 0 Å². The second-order valence-electron chi connectivity index (χ2n) is 3.75. The number of hydrogen-bond donors (Lipinski definition) is 4. The number of aromatic hydroxyl groups is 1. The van der Waals surface area contributed by atoms with Crippen molar-refractivity contribution in [2.75, 3.05) is 5.73 Å². The van der Waals surface area contributed by atoms with Gasteiger partial charge < -0.3 is 20.8 Å². The van der Waals surface area contributed by atoms with Gasteiger partial charge in [-0.05, 0) is 12.1 Å². The minimum atomic E-state index is -0.367. The molecule has 3 aromatic heterocycles. The SMILES string of the molecule is Nc1nc(O)c(-c2ccnc(=O)c3[nH]ccc23)[nH]1. The Kier molecular flexibility index (Phi) is 2.06. The van der Waals surface area contributed by atoms with Crippen LogP contribution in [0.3, 0.4) is 0 Å². The second-order valence-corrected chi connectivity index (χ2v) is 3.75. The van der Waals surface area contributed by atoms with E-state index in [0.29, 0.717) is 22.2 Å². The van der Waals surface area contributed by atoms with Crippen LogP contribution in [0, 0.1) is 0 Å². The van der Waals surface area contributed by atoms with Gasteiger partial charge in [-0.3, -0.25) is 4.79 Å². The fourth-order valence-electron chi connectivity index (χ4n) is 1.89. The smallest absolute Gasteiger partial charge is 0.293 e. The number of fused-ring (bicyclic) bond motifs is 1. The van der Waals surface area contributed by atoms with Crippen LogP contribution in [-0.4, -0.2) is 25.0 Å². The maximum Gasteiger partial charge on any atom is 0.293 e. The van der Waals surface area contributed by atoms with E-state index < -0.39 is 0 Å². The zero-order valence-corrected chi connectivity index (χ0v) is 9.14. The molecule has 0 saturated heterocycles. The number of H-pyrrole nitrogens is 2. The van der Waals surface area contributed by atoms with Crippen molar-refractivity contribution >= 4 is 16.9 Å². The Balaban J connectivity index is 2.44. The van der Waals surface area contributed by atoms with E-state index in [-0.39, 0.29) is 17.4 Å². The molecule has 7 nitrogen and oxygen atoms in total. The highest BCUT2D eigenvalue weighted by atomic mass is 16.3. The number of nitrogen functional groups attached to an aromatic ring is 1. The number of aromatic nitrogens is 4. The molecule has 0 aromatic carbocycles. The van der Waals surface area contributed by atoms with Crippen LogP contribution in [0.25, 0.3) is 22.2 Å². The van der Waals surface area contributed by atoms with Crippen molar-refractivity contribution in [1.29, 1.82) is 0 Å². The number of nitrogens with two attached hydrogens (primary N) is 1. The molecule has 0 amide bonds. The summed E-state index contributed by atoms with van der Waals surface area (Å²) in [6, 6.07) is 3.34. The first-order valence-corrected chi connectivity index (χ1v) is 5.18. The Morgan fingerprint density at radius 3 is 2.89 bits per heavy atom. The lowest BCUT2D eigenvalue weighted by atomic mass is 10.1. The number of rotatable bonds is 1. The molecule has 0 aliphatic heterocycles. The van der Waals surface area contributed by atoms with Gasteiger partial charge in [0.1, 0.15) is 11.2 Å². The summed E-state index contributed by atoms with van der Waals surface area (Å²) < 4.78 is 0. The molecule has 3 aromatic rings. The van der Waals surface area contributed by atoms with E-state index in [1.165, 1.54) is 6.20 Å². The number of nitrogens with zero attached hydrogens (tertiary/aromatic N) is 2. The predicted molar refractivity (Wildman–Crippen MR) is 66.0 cm³/mol. The molecule has 3 rings (SSSR count). The van der Waals surface area contributed by atoms with Gasteiger partial charge >= 0.3 is 0 Å². The lowest BCUT2D eigenvalue weighted by molar-refractivity contribution is 0.459. The summed E-state index contributed by atoms with van der Waals surface area (Å²) >= 11 is 0. The molecule has 5 N–H and O–H groups in total. The second kappa shape index (κ2) is 3.59. The fourth-order valence-corrected chi connectivity index (χ4v) is 1.89. The summed E-state index contributed by atoms with van der Waals surface area (Å²) in [6.07, 6.45) is 3.01. The molecule has 0 bridgehead atoms. The minimum Gasteiger partial charge on any atom is -0.492 e. The van der Waals surface area contributed by atoms with Crippen molar-refractivity contribution in [3.8, 4) is 17.1 Å². The number of aromatic amines is 2. The van der Waals surface area contributed by atoms with E-state index in [0.717, 1.165) is 0 Å². The van der Waals surface area contributed by atoms with E-state index >= 15 is 0 Å². The molecule has 0 aliphatic rings. The van der Waals surface area contributed by atoms with E-state index in [1.54, 1.807) is 18.3 Å². The molecule has 0 spiro atoms. The van der Waals surface area contributed by atoms with Gasteiger partial charge in [0.05, 0.1) is 0 Å². The lowest BCUT2D eigenvalue weighted by Gasteiger charge is -1.96. The average molecular weight is 243 g/mol. The highest BCUT2D eigenvalue weighted by molar-refractivity contribution is 5.94. The first-order valence-electron chi connectivity index (χ1n) is 5.18. The Morgan fingerprint density at radius 2 is 2.17 bits per heavy atom. The average Bonchev–Trinajstić information content (AvgIpc) is 2.88. The van der Waals surface area contributed by atoms with Crippen molar-refractivity contribution in [3.63, 3.8) is 0 Å². The van der Waals surface area contributed by atoms with Crippen LogP contribution in [0.5, 0.6) is 5.88 Å². The Labute approximate surface area is 100 Å². The van der Waals surface area contributed by atoms with Crippen LogP contribution < -0.4 is 11.3 Å². The fraction of sp³-hybridized carbons (Fsp3) is 0. The third-order valence-electron chi connectivity index (χ3n) is 2.66. The molecule has 3 heterocycles. The van der Waals surface area contributed by atoms with Gasteiger partial charge in [0.2, 0.25) is 11.8 Å². The van der Waals surface area contributed by atoms with Crippen LogP contribution in [0.2, 0.25) is 0 Å². The lowest BCUT2D eigenvalue weighted by Crippen LogP contribution is -2.00. The maximum absolute atomic E-state index is 11.7. The maximum atomic E-state index is 11.7.